The summed E-state index contributed by atoms with van der Waals surface area (Å²) in [4.78, 5) is 36.5. The molecule has 1 aromatic carbocycles. The maximum Gasteiger partial charge on any atom is 0.311 e. The molecule has 3 aromatic heterocycles. The number of hydrogen-bond acceptors (Lipinski definition) is 7. The second-order valence-corrected chi connectivity index (χ2v) is 13.9. The summed E-state index contributed by atoms with van der Waals surface area (Å²) in [6.45, 7) is 10.2. The Labute approximate surface area is 275 Å². The zero-order chi connectivity index (χ0) is 30.7. The fourth-order valence-electron chi connectivity index (χ4n) is 6.82. The summed E-state index contributed by atoms with van der Waals surface area (Å²) in [7, 11) is 0. The molecular weight excluding hydrogens is 601 g/mol. The van der Waals surface area contributed by atoms with E-state index in [0.717, 1.165) is 43.6 Å². The molecule has 246 valence electrons. The number of aromatic nitrogens is 3. The number of thiophene rings is 1. The fraction of sp³-hybridized carbons (Fsp3) is 0.500. The van der Waals surface area contributed by atoms with Crippen LogP contribution < -0.4 is 4.90 Å². The Hall–Kier alpha value is -3.79. The highest BCUT2D eigenvalue weighted by atomic mass is 32.1. The summed E-state index contributed by atoms with van der Waals surface area (Å²) < 4.78 is 22.8. The number of rotatable bonds is 7. The Morgan fingerprint density at radius 2 is 1.87 bits per heavy atom. The van der Waals surface area contributed by atoms with Gasteiger partial charge in [-0.05, 0) is 101 Å². The fourth-order valence-corrected chi connectivity index (χ4v) is 7.78. The van der Waals surface area contributed by atoms with Gasteiger partial charge in [0.15, 0.2) is 5.65 Å². The minimum absolute atomic E-state index is 0. The monoisotopic (exact) mass is 647 g/mol. The molecule has 4 aromatic rings. The van der Waals surface area contributed by atoms with Crippen LogP contribution in [0.15, 0.2) is 41.8 Å². The van der Waals surface area contributed by atoms with E-state index >= 15 is 4.39 Å². The number of anilines is 1. The van der Waals surface area contributed by atoms with Crippen molar-refractivity contribution in [2.75, 3.05) is 31.1 Å². The van der Waals surface area contributed by atoms with Gasteiger partial charge in [-0.15, -0.1) is 11.3 Å². The number of amides is 1. The zero-order valence-electron chi connectivity index (χ0n) is 25.7. The Balaban J connectivity index is 0.00000208. The van der Waals surface area contributed by atoms with Crippen molar-refractivity contribution in [3.63, 3.8) is 0 Å². The van der Waals surface area contributed by atoms with Crippen LogP contribution in [0.3, 0.4) is 0 Å². The van der Waals surface area contributed by atoms with Gasteiger partial charge < -0.3 is 14.5 Å². The van der Waals surface area contributed by atoms with Gasteiger partial charge in [0, 0.05) is 53.4 Å². The molecule has 10 heteroatoms. The van der Waals surface area contributed by atoms with E-state index in [9.17, 15) is 9.59 Å². The van der Waals surface area contributed by atoms with Crippen LogP contribution in [0.1, 0.15) is 100 Å². The molecule has 8 nitrogen and oxygen atoms in total. The van der Waals surface area contributed by atoms with Gasteiger partial charge >= 0.3 is 5.97 Å². The van der Waals surface area contributed by atoms with Gasteiger partial charge in [0.05, 0.1) is 23.8 Å². The van der Waals surface area contributed by atoms with E-state index in [1.54, 1.807) is 34.1 Å². The lowest BCUT2D eigenvalue weighted by Crippen LogP contribution is -2.38. The highest BCUT2D eigenvalue weighted by molar-refractivity contribution is 7.10. The van der Waals surface area contributed by atoms with Crippen LogP contribution in [0.5, 0.6) is 0 Å². The third-order valence-corrected chi connectivity index (χ3v) is 10.8. The van der Waals surface area contributed by atoms with Gasteiger partial charge in [-0.1, -0.05) is 14.9 Å². The lowest BCUT2D eigenvalue weighted by atomic mass is 9.78. The quantitative estimate of drug-likeness (QED) is 0.190. The van der Waals surface area contributed by atoms with Gasteiger partial charge in [0.25, 0.3) is 5.91 Å². The molecule has 0 bridgehead atoms. The standard InChI is InChI=1S/C34H38FN5O3S.2CH4/c1-5-43-33(42)34(3,4)22-10-13-38(19-22)23-8-9-25(26(35)16-23)27-18-31-36-28(17-29(21-6-7-21)40(31)37-27)32(41)39-14-11-30-24(20(39)2)12-15-44-30;;/h8-9,12,15-18,20-22H,5-7,10-11,13-14,19H2,1-4H3;2*1H4/t20-,22+;;/m1../s1. The molecule has 1 saturated carbocycles. The number of halogens is 1. The molecule has 2 fully saturated rings. The van der Waals surface area contributed by atoms with E-state index in [4.69, 9.17) is 14.8 Å². The first-order valence-corrected chi connectivity index (χ1v) is 16.5. The van der Waals surface area contributed by atoms with E-state index in [1.165, 1.54) is 10.4 Å². The van der Waals surface area contributed by atoms with Gasteiger partial charge in [0.2, 0.25) is 0 Å². The summed E-state index contributed by atoms with van der Waals surface area (Å²) >= 11 is 1.75. The topological polar surface area (TPSA) is 80.0 Å². The molecule has 3 aliphatic rings. The molecule has 7 rings (SSSR count). The second-order valence-electron chi connectivity index (χ2n) is 12.9. The first-order chi connectivity index (χ1) is 21.2. The molecule has 1 aliphatic carbocycles. The summed E-state index contributed by atoms with van der Waals surface area (Å²) in [5.74, 6) is -0.196. The number of fused-ring (bicyclic) bond motifs is 2. The minimum atomic E-state index is -0.606. The highest BCUT2D eigenvalue weighted by Crippen LogP contribution is 2.42. The smallest absolute Gasteiger partial charge is 0.311 e. The Kier molecular flexibility index (Phi) is 9.33. The van der Waals surface area contributed by atoms with Crippen molar-refractivity contribution in [2.24, 2.45) is 11.3 Å². The molecule has 46 heavy (non-hydrogen) atoms. The largest absolute Gasteiger partial charge is 0.466 e. The average molecular weight is 648 g/mol. The molecule has 5 heterocycles. The summed E-state index contributed by atoms with van der Waals surface area (Å²) in [6, 6.07) is 11.0. The Morgan fingerprint density at radius 1 is 1.09 bits per heavy atom. The lowest BCUT2D eigenvalue weighted by molar-refractivity contribution is -0.156. The van der Waals surface area contributed by atoms with E-state index in [0.29, 0.717) is 48.2 Å². The first kappa shape index (κ1) is 33.6. The van der Waals surface area contributed by atoms with Crippen LogP contribution in [0.2, 0.25) is 0 Å². The van der Waals surface area contributed by atoms with Gasteiger partial charge in [-0.25, -0.2) is 13.9 Å². The Bertz CT molecular complexity index is 1760. The zero-order valence-corrected chi connectivity index (χ0v) is 26.5. The van der Waals surface area contributed by atoms with Crippen molar-refractivity contribution in [1.82, 2.24) is 19.5 Å². The molecule has 2 aliphatic heterocycles. The summed E-state index contributed by atoms with van der Waals surface area (Å²) in [5.41, 5.74) is 4.21. The van der Waals surface area contributed by atoms with Crippen LogP contribution in [-0.2, 0) is 16.0 Å². The molecule has 2 atom stereocenters. The normalized spacial score (nSPS) is 19.4. The predicted octanol–water partition coefficient (Wildman–Crippen LogP) is 7.92. The molecule has 0 spiro atoms. The summed E-state index contributed by atoms with van der Waals surface area (Å²) in [5, 5.41) is 6.89. The molecule has 1 saturated heterocycles. The maximum atomic E-state index is 15.7. The third kappa shape index (κ3) is 5.80. The second kappa shape index (κ2) is 12.8. The van der Waals surface area contributed by atoms with Crippen LogP contribution >= 0.6 is 11.3 Å². The minimum Gasteiger partial charge on any atom is -0.466 e. The number of carbonyl (C=O) groups is 2. The van der Waals surface area contributed by atoms with Gasteiger partial charge in [-0.3, -0.25) is 9.59 Å². The number of benzene rings is 1. The third-order valence-electron chi connectivity index (χ3n) is 9.81. The summed E-state index contributed by atoms with van der Waals surface area (Å²) in [6.07, 6.45) is 3.76. The van der Waals surface area contributed by atoms with Gasteiger partial charge in [0.1, 0.15) is 11.5 Å². The molecule has 0 unspecified atom stereocenters. The van der Waals surface area contributed by atoms with E-state index in [2.05, 4.69) is 23.3 Å². The first-order valence-electron chi connectivity index (χ1n) is 15.7. The van der Waals surface area contributed by atoms with Crippen molar-refractivity contribution in [3.8, 4) is 11.3 Å². The van der Waals surface area contributed by atoms with E-state index in [-0.39, 0.29) is 44.5 Å². The SMILES string of the molecule is C.C.CCOC(=O)C(C)(C)[C@H]1CCN(c2ccc(-c3cc4nc(C(=O)N5CCc6sccc6[C@H]5C)cc(C5CC5)n4n3)c(F)c2)C1. The maximum absolute atomic E-state index is 15.7. The van der Waals surface area contributed by atoms with Crippen molar-refractivity contribution in [3.05, 3.63) is 69.4 Å². The van der Waals surface area contributed by atoms with Crippen molar-refractivity contribution < 1.29 is 18.7 Å². The number of ether oxygens (including phenoxy) is 1. The van der Waals surface area contributed by atoms with Crippen LogP contribution in [0.4, 0.5) is 10.1 Å². The van der Waals surface area contributed by atoms with Crippen LogP contribution in [-0.4, -0.2) is 57.6 Å². The molecule has 0 N–H and O–H groups in total. The predicted molar refractivity (Wildman–Crippen MR) is 182 cm³/mol. The lowest BCUT2D eigenvalue weighted by Gasteiger charge is -2.33. The van der Waals surface area contributed by atoms with Crippen molar-refractivity contribution in [1.29, 1.82) is 0 Å². The van der Waals surface area contributed by atoms with Crippen LogP contribution in [0.25, 0.3) is 16.9 Å². The number of carbonyl (C=O) groups excluding carboxylic acids is 2. The number of esters is 1. The van der Waals surface area contributed by atoms with E-state index in [1.807, 2.05) is 37.8 Å². The molecule has 1 amide bonds. The van der Waals surface area contributed by atoms with Crippen LogP contribution in [0, 0.1) is 17.2 Å². The van der Waals surface area contributed by atoms with E-state index < -0.39 is 5.41 Å². The van der Waals surface area contributed by atoms with Crippen molar-refractivity contribution in [2.45, 2.75) is 80.2 Å². The number of hydrogen-bond donors (Lipinski definition) is 0. The molecule has 0 radical (unpaired) electrons. The van der Waals surface area contributed by atoms with Gasteiger partial charge in [-0.2, -0.15) is 5.10 Å². The number of nitrogens with zero attached hydrogens (tertiary/aromatic N) is 5. The highest BCUT2D eigenvalue weighted by Gasteiger charge is 2.42. The average Bonchev–Trinajstić information content (AvgIpc) is 3.36. The molecular formula is C36H46FN5O3S. The Morgan fingerprint density at radius 3 is 2.59 bits per heavy atom. The van der Waals surface area contributed by atoms with Crippen molar-refractivity contribution >= 4 is 34.5 Å².